The Hall–Kier alpha value is -3.02. The topological polar surface area (TPSA) is 98.7 Å². The number of aliphatic hydroxyl groups excluding tert-OH is 1. The van der Waals surface area contributed by atoms with Crippen LogP contribution in [-0.4, -0.2) is 39.9 Å². The normalized spacial score (nSPS) is 21.7. The van der Waals surface area contributed by atoms with Crippen molar-refractivity contribution in [3.63, 3.8) is 0 Å². The van der Waals surface area contributed by atoms with Gasteiger partial charge in [0, 0.05) is 29.1 Å². The fraction of sp³-hybridized carbons (Fsp3) is 0.318. The van der Waals surface area contributed by atoms with E-state index in [-0.39, 0.29) is 24.9 Å². The van der Waals surface area contributed by atoms with Crippen LogP contribution in [-0.2, 0) is 16.1 Å². The third kappa shape index (κ3) is 4.50. The Bertz CT molecular complexity index is 1150. The second-order valence-corrected chi connectivity index (χ2v) is 8.42. The second-order valence-electron chi connectivity index (χ2n) is 8.01. The predicted octanol–water partition coefficient (Wildman–Crippen LogP) is 3.12. The number of aliphatic hydroxyl groups is 1. The molecule has 7 nitrogen and oxygen atoms in total. The molecule has 0 spiro atoms. The number of hydrogen-bond acceptors (Lipinski definition) is 5. The Balaban J connectivity index is 1.57. The highest BCUT2D eigenvalue weighted by Gasteiger charge is 2.45. The van der Waals surface area contributed by atoms with E-state index in [1.165, 1.54) is 23.1 Å². The minimum atomic E-state index is -5.03. The van der Waals surface area contributed by atoms with Crippen molar-refractivity contribution in [3.05, 3.63) is 69.5 Å². The lowest BCUT2D eigenvalue weighted by Gasteiger charge is -2.31. The van der Waals surface area contributed by atoms with Gasteiger partial charge in [0.15, 0.2) is 6.04 Å². The van der Waals surface area contributed by atoms with Crippen LogP contribution in [0, 0.1) is 5.82 Å². The maximum Gasteiger partial charge on any atom is 0.413 e. The van der Waals surface area contributed by atoms with Crippen LogP contribution in [0.5, 0.6) is 0 Å². The molecule has 1 fully saturated rings. The van der Waals surface area contributed by atoms with Crippen molar-refractivity contribution >= 4 is 29.3 Å². The SMILES string of the molecule is O=C1CCC(N2Cc3cc(C(=O)NC(c4c(F)cccc4Cl)C(F)(F)F)ccc3C2O)C(=O)N1. The first kappa shape index (κ1) is 24.1. The number of rotatable bonds is 4. The van der Waals surface area contributed by atoms with Crippen LogP contribution >= 0.6 is 11.6 Å². The number of halogens is 5. The molecule has 3 unspecified atom stereocenters. The van der Waals surface area contributed by atoms with Gasteiger partial charge in [0.05, 0.1) is 6.04 Å². The molecule has 34 heavy (non-hydrogen) atoms. The first-order valence-corrected chi connectivity index (χ1v) is 10.6. The van der Waals surface area contributed by atoms with Crippen LogP contribution in [0.4, 0.5) is 17.6 Å². The zero-order chi connectivity index (χ0) is 24.8. The minimum absolute atomic E-state index is 0.0335. The molecule has 2 aromatic rings. The molecule has 2 aliphatic heterocycles. The molecule has 3 N–H and O–H groups in total. The molecule has 0 aromatic heterocycles. The Morgan fingerprint density at radius 3 is 2.62 bits per heavy atom. The van der Waals surface area contributed by atoms with Crippen LogP contribution in [0.15, 0.2) is 36.4 Å². The summed E-state index contributed by atoms with van der Waals surface area (Å²) in [6, 6.07) is 3.48. The van der Waals surface area contributed by atoms with E-state index in [0.717, 1.165) is 18.2 Å². The monoisotopic (exact) mass is 499 g/mol. The second kappa shape index (κ2) is 8.97. The highest BCUT2D eigenvalue weighted by Crippen LogP contribution is 2.39. The smallest absolute Gasteiger partial charge is 0.374 e. The van der Waals surface area contributed by atoms with Gasteiger partial charge in [-0.25, -0.2) is 4.39 Å². The summed E-state index contributed by atoms with van der Waals surface area (Å²) < 4.78 is 55.2. The van der Waals surface area contributed by atoms with Gasteiger partial charge in [-0.1, -0.05) is 23.7 Å². The molecule has 2 aromatic carbocycles. The summed E-state index contributed by atoms with van der Waals surface area (Å²) in [6.45, 7) is 0.0335. The fourth-order valence-electron chi connectivity index (χ4n) is 4.20. The molecule has 12 heteroatoms. The lowest BCUT2D eigenvalue weighted by atomic mass is 10.0. The number of imide groups is 1. The van der Waals surface area contributed by atoms with E-state index < -0.39 is 58.6 Å². The van der Waals surface area contributed by atoms with Gasteiger partial charge in [-0.2, -0.15) is 13.2 Å². The number of benzene rings is 2. The Morgan fingerprint density at radius 2 is 1.97 bits per heavy atom. The van der Waals surface area contributed by atoms with E-state index in [2.05, 4.69) is 5.32 Å². The Morgan fingerprint density at radius 1 is 1.24 bits per heavy atom. The molecule has 0 bridgehead atoms. The zero-order valence-corrected chi connectivity index (χ0v) is 18.1. The van der Waals surface area contributed by atoms with Crippen LogP contribution in [0.25, 0.3) is 0 Å². The van der Waals surface area contributed by atoms with E-state index in [1.54, 1.807) is 5.32 Å². The van der Waals surface area contributed by atoms with Gasteiger partial charge < -0.3 is 10.4 Å². The summed E-state index contributed by atoms with van der Waals surface area (Å²) in [6.07, 6.45) is -5.94. The summed E-state index contributed by atoms with van der Waals surface area (Å²) >= 11 is 5.78. The Labute approximate surface area is 195 Å². The van der Waals surface area contributed by atoms with Gasteiger partial charge in [-0.15, -0.1) is 0 Å². The molecule has 2 aliphatic rings. The van der Waals surface area contributed by atoms with Gasteiger partial charge in [0.1, 0.15) is 12.0 Å². The average Bonchev–Trinajstić information content (AvgIpc) is 3.07. The maximum absolute atomic E-state index is 14.2. The van der Waals surface area contributed by atoms with Gasteiger partial charge in [-0.3, -0.25) is 24.6 Å². The number of carbonyl (C=O) groups is 3. The molecule has 1 saturated heterocycles. The van der Waals surface area contributed by atoms with Crippen molar-refractivity contribution in [2.24, 2.45) is 0 Å². The van der Waals surface area contributed by atoms with E-state index >= 15 is 0 Å². The van der Waals surface area contributed by atoms with Crippen LogP contribution in [0.3, 0.4) is 0 Å². The van der Waals surface area contributed by atoms with Gasteiger partial charge in [0.2, 0.25) is 11.8 Å². The minimum Gasteiger partial charge on any atom is -0.374 e. The number of nitrogens with one attached hydrogen (secondary N) is 2. The quantitative estimate of drug-likeness (QED) is 0.443. The fourth-order valence-corrected chi connectivity index (χ4v) is 4.47. The number of nitrogens with zero attached hydrogens (tertiary/aromatic N) is 1. The van der Waals surface area contributed by atoms with Crippen LogP contribution in [0.1, 0.15) is 52.2 Å². The van der Waals surface area contributed by atoms with Crippen LogP contribution < -0.4 is 10.6 Å². The molecular formula is C22H18ClF4N3O4. The van der Waals surface area contributed by atoms with Gasteiger partial charge in [0.25, 0.3) is 5.91 Å². The van der Waals surface area contributed by atoms with Crippen molar-refractivity contribution in [1.82, 2.24) is 15.5 Å². The molecular weight excluding hydrogens is 482 g/mol. The molecule has 0 radical (unpaired) electrons. The largest absolute Gasteiger partial charge is 0.413 e. The van der Waals surface area contributed by atoms with Crippen molar-refractivity contribution in [1.29, 1.82) is 0 Å². The Kier molecular flexibility index (Phi) is 6.36. The van der Waals surface area contributed by atoms with E-state index in [1.807, 2.05) is 0 Å². The highest BCUT2D eigenvalue weighted by atomic mass is 35.5. The third-order valence-electron chi connectivity index (χ3n) is 5.85. The lowest BCUT2D eigenvalue weighted by Crippen LogP contribution is -2.51. The summed E-state index contributed by atoms with van der Waals surface area (Å²) in [5.41, 5.74) is -0.244. The zero-order valence-electron chi connectivity index (χ0n) is 17.3. The number of carbonyl (C=O) groups excluding carboxylic acids is 3. The summed E-state index contributed by atoms with van der Waals surface area (Å²) in [5.74, 6) is -3.32. The summed E-state index contributed by atoms with van der Waals surface area (Å²) in [4.78, 5) is 37.7. The first-order valence-electron chi connectivity index (χ1n) is 10.2. The summed E-state index contributed by atoms with van der Waals surface area (Å²) in [7, 11) is 0. The maximum atomic E-state index is 14.2. The highest BCUT2D eigenvalue weighted by molar-refractivity contribution is 6.31. The molecule has 0 saturated carbocycles. The number of alkyl halides is 3. The average molecular weight is 500 g/mol. The molecule has 3 atom stereocenters. The van der Waals surface area contributed by atoms with E-state index in [0.29, 0.717) is 11.1 Å². The van der Waals surface area contributed by atoms with Crippen molar-refractivity contribution < 1.29 is 37.1 Å². The van der Waals surface area contributed by atoms with E-state index in [4.69, 9.17) is 11.6 Å². The van der Waals surface area contributed by atoms with Crippen molar-refractivity contribution in [2.75, 3.05) is 0 Å². The van der Waals surface area contributed by atoms with Gasteiger partial charge in [-0.05, 0) is 41.8 Å². The number of hydrogen-bond donors (Lipinski definition) is 3. The van der Waals surface area contributed by atoms with Crippen molar-refractivity contribution in [2.45, 2.75) is 43.9 Å². The summed E-state index contributed by atoms with van der Waals surface area (Å²) in [5, 5.41) is 14.1. The van der Waals surface area contributed by atoms with Crippen molar-refractivity contribution in [3.8, 4) is 0 Å². The molecule has 3 amide bonds. The van der Waals surface area contributed by atoms with E-state index in [9.17, 15) is 37.1 Å². The molecule has 4 rings (SSSR count). The molecule has 2 heterocycles. The van der Waals surface area contributed by atoms with Crippen LogP contribution in [0.2, 0.25) is 5.02 Å². The standard InChI is InChI=1S/C22H18ClF4N3O4/c23-13-2-1-3-14(24)17(13)18(22(25,26)27)29-19(32)10-4-5-12-11(8-10)9-30(21(12)34)15-6-7-16(31)28-20(15)33/h1-5,8,15,18,21,34H,6-7,9H2,(H,29,32)(H,28,31,33). The number of amides is 3. The number of piperidine rings is 1. The molecule has 180 valence electrons. The third-order valence-corrected chi connectivity index (χ3v) is 6.18. The predicted molar refractivity (Wildman–Crippen MR) is 111 cm³/mol. The number of fused-ring (bicyclic) bond motifs is 1. The van der Waals surface area contributed by atoms with Gasteiger partial charge >= 0.3 is 6.18 Å². The first-order chi connectivity index (χ1) is 16.0. The lowest BCUT2D eigenvalue weighted by molar-refractivity contribution is -0.155. The molecule has 0 aliphatic carbocycles.